The van der Waals surface area contributed by atoms with Crippen LogP contribution >= 0.6 is 0 Å². The Hall–Kier alpha value is -1.14. The number of ether oxygens (including phenoxy) is 1. The zero-order valence-corrected chi connectivity index (χ0v) is 10.9. The van der Waals surface area contributed by atoms with Crippen LogP contribution in [0.15, 0.2) is 0 Å². The molecule has 1 aliphatic carbocycles. The van der Waals surface area contributed by atoms with Crippen LogP contribution in [0.5, 0.6) is 0 Å². The third-order valence-electron chi connectivity index (χ3n) is 3.57. The second kappa shape index (κ2) is 6.70. The van der Waals surface area contributed by atoms with Gasteiger partial charge in [0, 0.05) is 13.7 Å². The molecule has 2 amide bonds. The van der Waals surface area contributed by atoms with Crippen molar-refractivity contribution >= 4 is 11.8 Å². The molecule has 0 aromatic rings. The zero-order valence-electron chi connectivity index (χ0n) is 10.9. The Morgan fingerprint density at radius 3 is 2.39 bits per heavy atom. The molecular weight excluding hydrogens is 234 g/mol. The maximum atomic E-state index is 11.9. The van der Waals surface area contributed by atoms with E-state index in [0.717, 1.165) is 19.3 Å². The first-order valence-corrected chi connectivity index (χ1v) is 6.38. The van der Waals surface area contributed by atoms with Gasteiger partial charge in [0.2, 0.25) is 11.8 Å². The lowest BCUT2D eigenvalue weighted by molar-refractivity contribution is -0.134. The van der Waals surface area contributed by atoms with Gasteiger partial charge in [0.05, 0.1) is 12.5 Å². The fourth-order valence-corrected chi connectivity index (χ4v) is 2.38. The van der Waals surface area contributed by atoms with Gasteiger partial charge in [-0.1, -0.05) is 19.3 Å². The van der Waals surface area contributed by atoms with Gasteiger partial charge in [0.25, 0.3) is 0 Å². The molecule has 0 aromatic heterocycles. The van der Waals surface area contributed by atoms with E-state index in [-0.39, 0.29) is 25.0 Å². The van der Waals surface area contributed by atoms with Crippen molar-refractivity contribution in [2.24, 2.45) is 11.5 Å². The molecule has 0 saturated heterocycles. The molecule has 0 bridgehead atoms. The molecule has 0 heterocycles. The maximum Gasteiger partial charge on any atom is 0.243 e. The fourth-order valence-electron chi connectivity index (χ4n) is 2.38. The van der Waals surface area contributed by atoms with Crippen LogP contribution in [0.2, 0.25) is 0 Å². The van der Waals surface area contributed by atoms with Crippen LogP contribution in [0.3, 0.4) is 0 Å². The predicted molar refractivity (Wildman–Crippen MR) is 67.6 cm³/mol. The molecule has 6 heteroatoms. The van der Waals surface area contributed by atoms with Gasteiger partial charge in [-0.15, -0.1) is 0 Å². The topological polar surface area (TPSA) is 107 Å². The second-order valence-electron chi connectivity index (χ2n) is 4.85. The highest BCUT2D eigenvalue weighted by Gasteiger charge is 2.39. The zero-order chi connectivity index (χ0) is 13.6. The highest BCUT2D eigenvalue weighted by atomic mass is 16.5. The maximum absolute atomic E-state index is 11.9. The number of carbonyl (C=O) groups is 2. The minimum Gasteiger partial charge on any atom is -0.380 e. The van der Waals surface area contributed by atoms with E-state index in [4.69, 9.17) is 16.2 Å². The van der Waals surface area contributed by atoms with Gasteiger partial charge >= 0.3 is 0 Å². The molecule has 0 aromatic carbocycles. The molecule has 1 saturated carbocycles. The van der Waals surface area contributed by atoms with Crippen LogP contribution in [0.1, 0.15) is 38.5 Å². The van der Waals surface area contributed by atoms with E-state index in [1.165, 1.54) is 7.11 Å². The van der Waals surface area contributed by atoms with Gasteiger partial charge in [-0.3, -0.25) is 9.59 Å². The SMILES string of the molecule is COC(CN)CC(=O)NC1(C(N)=O)CCCCC1. The Morgan fingerprint density at radius 2 is 1.94 bits per heavy atom. The predicted octanol–water partition coefficient (Wildman–Crippen LogP) is -0.345. The van der Waals surface area contributed by atoms with E-state index in [2.05, 4.69) is 5.32 Å². The average molecular weight is 257 g/mol. The van der Waals surface area contributed by atoms with Gasteiger partial charge in [-0.2, -0.15) is 0 Å². The molecule has 18 heavy (non-hydrogen) atoms. The van der Waals surface area contributed by atoms with Crippen molar-refractivity contribution in [1.82, 2.24) is 5.32 Å². The van der Waals surface area contributed by atoms with Gasteiger partial charge in [0.1, 0.15) is 5.54 Å². The van der Waals surface area contributed by atoms with E-state index in [1.54, 1.807) is 0 Å². The van der Waals surface area contributed by atoms with Crippen LogP contribution in [-0.4, -0.2) is 37.1 Å². The Balaban J connectivity index is 2.61. The number of hydrogen-bond acceptors (Lipinski definition) is 4. The number of amides is 2. The van der Waals surface area contributed by atoms with Crippen LogP contribution in [0.25, 0.3) is 0 Å². The summed E-state index contributed by atoms with van der Waals surface area (Å²) in [4.78, 5) is 23.5. The summed E-state index contributed by atoms with van der Waals surface area (Å²) < 4.78 is 5.05. The summed E-state index contributed by atoms with van der Waals surface area (Å²) in [6, 6.07) is 0. The minimum absolute atomic E-state index is 0.155. The normalized spacial score (nSPS) is 20.1. The largest absolute Gasteiger partial charge is 0.380 e. The number of nitrogens with two attached hydrogens (primary N) is 2. The Bertz CT molecular complexity index is 297. The molecule has 104 valence electrons. The van der Waals surface area contributed by atoms with Crippen LogP contribution < -0.4 is 16.8 Å². The monoisotopic (exact) mass is 257 g/mol. The Kier molecular flexibility index (Phi) is 5.55. The summed E-state index contributed by atoms with van der Waals surface area (Å²) in [6.07, 6.45) is 3.97. The summed E-state index contributed by atoms with van der Waals surface area (Å²) in [5.74, 6) is -0.676. The average Bonchev–Trinajstić information content (AvgIpc) is 2.36. The standard InChI is InChI=1S/C12H23N3O3/c1-18-9(8-13)7-10(16)15-12(11(14)17)5-3-2-4-6-12/h9H,2-8,13H2,1H3,(H2,14,17)(H,15,16). The summed E-state index contributed by atoms with van der Waals surface area (Å²) >= 11 is 0. The quantitative estimate of drug-likeness (QED) is 0.604. The fraction of sp³-hybridized carbons (Fsp3) is 0.833. The first-order chi connectivity index (χ1) is 8.54. The number of primary amides is 1. The number of rotatable bonds is 6. The highest BCUT2D eigenvalue weighted by Crippen LogP contribution is 2.28. The molecule has 1 atom stereocenters. The van der Waals surface area contributed by atoms with E-state index in [9.17, 15) is 9.59 Å². The summed E-state index contributed by atoms with van der Waals surface area (Å²) in [5.41, 5.74) is 10.0. The highest BCUT2D eigenvalue weighted by molar-refractivity contribution is 5.90. The van der Waals surface area contributed by atoms with Crippen LogP contribution in [-0.2, 0) is 14.3 Å². The number of carbonyl (C=O) groups excluding carboxylic acids is 2. The van der Waals surface area contributed by atoms with Crippen molar-refractivity contribution in [3.8, 4) is 0 Å². The lowest BCUT2D eigenvalue weighted by Crippen LogP contribution is -2.58. The first-order valence-electron chi connectivity index (χ1n) is 6.38. The summed E-state index contributed by atoms with van der Waals surface area (Å²) in [6.45, 7) is 0.271. The van der Waals surface area contributed by atoms with Gasteiger partial charge in [-0.25, -0.2) is 0 Å². The molecule has 0 aliphatic heterocycles. The summed E-state index contributed by atoms with van der Waals surface area (Å²) in [7, 11) is 1.51. The molecule has 0 radical (unpaired) electrons. The van der Waals surface area contributed by atoms with Gasteiger partial charge in [0.15, 0.2) is 0 Å². The first kappa shape index (κ1) is 14.9. The third-order valence-corrected chi connectivity index (χ3v) is 3.57. The summed E-state index contributed by atoms with van der Waals surface area (Å²) in [5, 5.41) is 2.78. The van der Waals surface area contributed by atoms with Crippen LogP contribution in [0, 0.1) is 0 Å². The number of nitrogens with one attached hydrogen (secondary N) is 1. The van der Waals surface area contributed by atoms with Crippen molar-refractivity contribution in [3.05, 3.63) is 0 Å². The molecule has 5 N–H and O–H groups in total. The minimum atomic E-state index is -0.873. The van der Waals surface area contributed by atoms with E-state index in [1.807, 2.05) is 0 Å². The Morgan fingerprint density at radius 1 is 1.33 bits per heavy atom. The van der Waals surface area contributed by atoms with Crippen molar-refractivity contribution < 1.29 is 14.3 Å². The van der Waals surface area contributed by atoms with Crippen molar-refractivity contribution in [1.29, 1.82) is 0 Å². The molecule has 1 rings (SSSR count). The number of hydrogen-bond donors (Lipinski definition) is 3. The molecule has 6 nitrogen and oxygen atoms in total. The van der Waals surface area contributed by atoms with Crippen molar-refractivity contribution in [2.75, 3.05) is 13.7 Å². The lowest BCUT2D eigenvalue weighted by atomic mass is 9.81. The molecular formula is C12H23N3O3. The van der Waals surface area contributed by atoms with E-state index >= 15 is 0 Å². The van der Waals surface area contributed by atoms with Crippen molar-refractivity contribution in [2.45, 2.75) is 50.2 Å². The lowest BCUT2D eigenvalue weighted by Gasteiger charge is -2.35. The third kappa shape index (κ3) is 3.68. The number of methoxy groups -OCH3 is 1. The Labute approximate surface area is 107 Å². The molecule has 1 unspecified atom stereocenters. The molecule has 0 spiro atoms. The van der Waals surface area contributed by atoms with Gasteiger partial charge < -0.3 is 21.5 Å². The van der Waals surface area contributed by atoms with Crippen molar-refractivity contribution in [3.63, 3.8) is 0 Å². The molecule has 1 fully saturated rings. The smallest absolute Gasteiger partial charge is 0.243 e. The van der Waals surface area contributed by atoms with E-state index in [0.29, 0.717) is 12.8 Å². The molecule has 1 aliphatic rings. The van der Waals surface area contributed by atoms with Crippen LogP contribution in [0.4, 0.5) is 0 Å². The second-order valence-corrected chi connectivity index (χ2v) is 4.85. The van der Waals surface area contributed by atoms with Gasteiger partial charge in [-0.05, 0) is 12.8 Å². The van der Waals surface area contributed by atoms with E-state index < -0.39 is 11.4 Å².